The van der Waals surface area contributed by atoms with E-state index in [0.29, 0.717) is 80.1 Å². The van der Waals surface area contributed by atoms with Gasteiger partial charge in [-0.1, -0.05) is 234 Å². The summed E-state index contributed by atoms with van der Waals surface area (Å²) in [7, 11) is 1.77. The minimum absolute atomic E-state index is 0.338. The van der Waals surface area contributed by atoms with Crippen molar-refractivity contribution in [3.05, 3.63) is 0 Å². The fourth-order valence-corrected chi connectivity index (χ4v) is 6.86. The van der Waals surface area contributed by atoms with Gasteiger partial charge in [0.15, 0.2) is 0 Å². The van der Waals surface area contributed by atoms with Crippen molar-refractivity contribution in [2.24, 2.45) is 79.3 Å². The van der Waals surface area contributed by atoms with Crippen molar-refractivity contribution < 1.29 is 14.2 Å². The van der Waals surface area contributed by atoms with Crippen molar-refractivity contribution in [3.63, 3.8) is 0 Å². The van der Waals surface area contributed by atoms with E-state index in [1.165, 1.54) is 25.7 Å². The van der Waals surface area contributed by atoms with Gasteiger partial charge in [0.05, 0.1) is 24.4 Å². The smallest absolute Gasteiger partial charge is 0.0580 e. The number of methoxy groups -OCH3 is 1. The molecule has 0 spiro atoms. The van der Waals surface area contributed by atoms with E-state index in [-0.39, 0.29) is 0 Å². The van der Waals surface area contributed by atoms with Crippen molar-refractivity contribution in [1.82, 2.24) is 0 Å². The molecule has 8 unspecified atom stereocenters. The molecule has 0 radical (unpaired) electrons. The van der Waals surface area contributed by atoms with Gasteiger partial charge in [-0.05, 0) is 134 Å². The van der Waals surface area contributed by atoms with E-state index in [2.05, 4.69) is 256 Å². The first kappa shape index (κ1) is 79.0. The van der Waals surface area contributed by atoms with Crippen LogP contribution in [-0.2, 0) is 14.2 Å². The lowest BCUT2D eigenvalue weighted by Gasteiger charge is -2.33. The van der Waals surface area contributed by atoms with Gasteiger partial charge in [0.25, 0.3) is 0 Å². The van der Waals surface area contributed by atoms with Crippen molar-refractivity contribution in [3.8, 4) is 0 Å². The highest BCUT2D eigenvalue weighted by atomic mass is 16.5. The van der Waals surface area contributed by atoms with E-state index in [1.807, 2.05) is 6.92 Å². The summed E-state index contributed by atoms with van der Waals surface area (Å²) in [6.45, 7) is 86.2. The van der Waals surface area contributed by atoms with Gasteiger partial charge >= 0.3 is 0 Å². The van der Waals surface area contributed by atoms with Crippen LogP contribution in [0.4, 0.5) is 0 Å². The molecular formula is C62H138O3. The lowest BCUT2D eigenvalue weighted by atomic mass is 9.76. The summed E-state index contributed by atoms with van der Waals surface area (Å²) >= 11 is 0. The summed E-state index contributed by atoms with van der Waals surface area (Å²) in [6.07, 6.45) is 6.70. The second-order valence-electron chi connectivity index (χ2n) is 29.0. The molecule has 0 aliphatic heterocycles. The molecular weight excluding hydrogens is 793 g/mol. The number of hydrogen-bond acceptors (Lipinski definition) is 3. The summed E-state index contributed by atoms with van der Waals surface area (Å²) in [5, 5.41) is 0. The molecule has 0 heterocycles. The molecule has 0 amide bonds. The van der Waals surface area contributed by atoms with E-state index < -0.39 is 0 Å². The predicted octanol–water partition coefficient (Wildman–Crippen LogP) is 21.6. The van der Waals surface area contributed by atoms with Gasteiger partial charge < -0.3 is 14.2 Å². The van der Waals surface area contributed by atoms with Gasteiger partial charge in [-0.25, -0.2) is 0 Å². The normalized spacial score (nSPS) is 16.3. The van der Waals surface area contributed by atoms with Crippen LogP contribution in [0.25, 0.3) is 0 Å². The number of ether oxygens (including phenoxy) is 3. The van der Waals surface area contributed by atoms with Crippen molar-refractivity contribution in [1.29, 1.82) is 0 Å². The molecule has 0 N–H and O–H groups in total. The average molecular weight is 932 g/mol. The summed E-state index contributed by atoms with van der Waals surface area (Å²) < 4.78 is 16.5. The number of rotatable bonds is 12. The highest BCUT2D eigenvalue weighted by molar-refractivity contribution is 4.77. The molecule has 8 atom stereocenters. The van der Waals surface area contributed by atoms with Crippen LogP contribution in [-0.4, -0.2) is 38.1 Å². The van der Waals surface area contributed by atoms with Crippen LogP contribution in [0.2, 0.25) is 0 Å². The Morgan fingerprint density at radius 1 is 0.385 bits per heavy atom. The molecule has 0 bridgehead atoms. The van der Waals surface area contributed by atoms with Gasteiger partial charge in [-0.15, -0.1) is 0 Å². The van der Waals surface area contributed by atoms with Gasteiger partial charge in [0.1, 0.15) is 0 Å². The van der Waals surface area contributed by atoms with Crippen LogP contribution in [0.5, 0.6) is 0 Å². The predicted molar refractivity (Wildman–Crippen MR) is 305 cm³/mol. The third-order valence-electron chi connectivity index (χ3n) is 14.0. The lowest BCUT2D eigenvalue weighted by molar-refractivity contribution is -0.0383. The average Bonchev–Trinajstić information content (AvgIpc) is 3.07. The van der Waals surface area contributed by atoms with Gasteiger partial charge in [0, 0.05) is 13.7 Å². The van der Waals surface area contributed by atoms with E-state index in [4.69, 9.17) is 14.2 Å². The van der Waals surface area contributed by atoms with E-state index in [9.17, 15) is 0 Å². The topological polar surface area (TPSA) is 27.7 Å². The van der Waals surface area contributed by atoms with Gasteiger partial charge in [0.2, 0.25) is 0 Å². The lowest BCUT2D eigenvalue weighted by Crippen LogP contribution is -2.31. The van der Waals surface area contributed by atoms with Crippen LogP contribution in [0.15, 0.2) is 0 Å². The van der Waals surface area contributed by atoms with E-state index >= 15 is 0 Å². The molecule has 0 aliphatic rings. The molecule has 0 saturated heterocycles. The molecule has 0 aromatic carbocycles. The highest BCUT2D eigenvalue weighted by Crippen LogP contribution is 2.33. The van der Waals surface area contributed by atoms with Crippen LogP contribution < -0.4 is 0 Å². The summed E-state index contributed by atoms with van der Waals surface area (Å²) in [5.74, 6) is 5.14. The van der Waals surface area contributed by atoms with Gasteiger partial charge in [-0.3, -0.25) is 0 Å². The second kappa shape index (κ2) is 36.8. The molecule has 3 nitrogen and oxygen atoms in total. The Hall–Kier alpha value is -0.120. The summed E-state index contributed by atoms with van der Waals surface area (Å²) in [5.41, 5.74) is 3.12. The van der Waals surface area contributed by atoms with Crippen LogP contribution in [0.3, 0.4) is 0 Å². The van der Waals surface area contributed by atoms with Crippen LogP contribution in [0, 0.1) is 79.3 Å². The van der Waals surface area contributed by atoms with E-state index in [0.717, 1.165) is 30.3 Å². The molecule has 0 fully saturated rings. The standard InChI is InChI=1S/C11H24O.C10H22O.C9H20O.C9H20.2C8H18.C7H16/c1-8(2)12-10(4)9(3)11(5,6)7;1-7-11-9(3)8(2)10(4,5)6;1-7(8(2)10-6)9(3,4)5;1-7(2)8(3)9(4,5)6;1-7(2)6-8(3,4)5;1-6-7(2)8(3,4)5;1-5-6-7(2,3)4/h8-10H,1-7H3;8-9H,7H2,1-6H3;7-8H,1-6H3;7-8H,1-6H3;2*7H,6H2,1-5H3;5-6H2,1-4H3. The Kier molecular flexibility index (Phi) is 44.7. The molecule has 0 aromatic rings. The SMILES string of the molecule is CC(C)C(C)C(C)(C)C.CC(C)CC(C)(C)C.CC(C)OC(C)C(C)C(C)(C)C.CCC(C)C(C)(C)C.CCCC(C)(C)C.CCOC(C)C(C)C(C)(C)C.COC(C)C(C)C(C)(C)C. The molecule has 404 valence electrons. The zero-order valence-corrected chi connectivity index (χ0v) is 53.6. The molecule has 65 heavy (non-hydrogen) atoms. The Bertz CT molecular complexity index is 1000. The highest BCUT2D eigenvalue weighted by Gasteiger charge is 2.28. The monoisotopic (exact) mass is 931 g/mol. The third-order valence-corrected chi connectivity index (χ3v) is 14.0. The zero-order valence-electron chi connectivity index (χ0n) is 53.6. The summed E-state index contributed by atoms with van der Waals surface area (Å²) in [4.78, 5) is 0. The molecule has 0 aromatic heterocycles. The minimum atomic E-state index is 0.338. The minimum Gasteiger partial charge on any atom is -0.381 e. The second-order valence-corrected chi connectivity index (χ2v) is 29.0. The Morgan fingerprint density at radius 3 is 0.815 bits per heavy atom. The van der Waals surface area contributed by atoms with Gasteiger partial charge in [-0.2, -0.15) is 0 Å². The van der Waals surface area contributed by atoms with Crippen molar-refractivity contribution in [2.75, 3.05) is 13.7 Å². The zero-order chi connectivity index (χ0) is 54.5. The van der Waals surface area contributed by atoms with Crippen molar-refractivity contribution >= 4 is 0 Å². The molecule has 0 aliphatic carbocycles. The maximum atomic E-state index is 5.74. The Balaban J connectivity index is -0.000000122. The Morgan fingerprint density at radius 2 is 0.708 bits per heavy atom. The van der Waals surface area contributed by atoms with Crippen molar-refractivity contribution in [2.45, 2.75) is 313 Å². The first-order valence-corrected chi connectivity index (χ1v) is 27.1. The Labute approximate surface area is 418 Å². The maximum Gasteiger partial charge on any atom is 0.0580 e. The van der Waals surface area contributed by atoms with E-state index in [1.54, 1.807) is 7.11 Å². The first-order chi connectivity index (χ1) is 28.3. The fraction of sp³-hybridized carbons (Fsp3) is 1.00. The largest absolute Gasteiger partial charge is 0.381 e. The molecule has 0 saturated carbocycles. The third kappa shape index (κ3) is 56.4. The molecule has 0 rings (SSSR count). The molecule has 3 heteroatoms. The first-order valence-electron chi connectivity index (χ1n) is 27.1. The fourth-order valence-electron chi connectivity index (χ4n) is 6.86. The van der Waals surface area contributed by atoms with Crippen LogP contribution in [0.1, 0.15) is 289 Å². The quantitative estimate of drug-likeness (QED) is 0.195. The summed E-state index contributed by atoms with van der Waals surface area (Å²) in [6, 6.07) is 0. The van der Waals surface area contributed by atoms with Crippen LogP contribution >= 0.6 is 0 Å². The number of hydrogen-bond donors (Lipinski definition) is 0. The maximum absolute atomic E-state index is 5.74.